The Morgan fingerprint density at radius 3 is 2.47 bits per heavy atom. The molecule has 1 aromatic heterocycles. The molecular formula is C36H44Cl2N6O3S2. The number of thioether (sulfide) groups is 1. The van der Waals surface area contributed by atoms with E-state index >= 15 is 0 Å². The molecule has 2 unspecified atom stereocenters. The highest BCUT2D eigenvalue weighted by Gasteiger charge is 2.35. The predicted molar refractivity (Wildman–Crippen MR) is 201 cm³/mol. The molecule has 0 spiro atoms. The minimum absolute atomic E-state index is 0.0406. The second-order valence-corrected chi connectivity index (χ2v) is 17.2. The van der Waals surface area contributed by atoms with Crippen LogP contribution in [-0.4, -0.2) is 46.9 Å². The van der Waals surface area contributed by atoms with Crippen molar-refractivity contribution in [3.63, 3.8) is 0 Å². The van der Waals surface area contributed by atoms with Gasteiger partial charge >= 0.3 is 10.2 Å². The highest BCUT2D eigenvalue weighted by molar-refractivity contribution is 8.03. The monoisotopic (exact) mass is 742 g/mol. The lowest BCUT2D eigenvalue weighted by atomic mass is 9.86. The van der Waals surface area contributed by atoms with E-state index in [1.807, 2.05) is 58.0 Å². The number of benzene rings is 2. The van der Waals surface area contributed by atoms with Gasteiger partial charge in [0.05, 0.1) is 16.4 Å². The molecule has 0 bridgehead atoms. The van der Waals surface area contributed by atoms with Gasteiger partial charge in [-0.3, -0.25) is 4.79 Å². The molecule has 9 nitrogen and oxygen atoms in total. The summed E-state index contributed by atoms with van der Waals surface area (Å²) in [5.41, 5.74) is 17.3. The summed E-state index contributed by atoms with van der Waals surface area (Å²) in [5.74, 6) is 2.12. The number of imidazole rings is 1. The molecule has 3 aromatic rings. The summed E-state index contributed by atoms with van der Waals surface area (Å²) >= 11 is 14.9. The van der Waals surface area contributed by atoms with Crippen LogP contribution >= 0.6 is 35.0 Å². The van der Waals surface area contributed by atoms with Crippen LogP contribution in [0.15, 0.2) is 71.9 Å². The second kappa shape index (κ2) is 15.8. The first-order chi connectivity index (χ1) is 23.6. The Bertz CT molecular complexity index is 1800. The number of nitrogens with one attached hydrogen (secondary N) is 1. The van der Waals surface area contributed by atoms with E-state index in [4.69, 9.17) is 39.7 Å². The lowest BCUT2D eigenvalue weighted by Crippen LogP contribution is -2.29. The number of hydrogen-bond donors (Lipinski definition) is 3. The van der Waals surface area contributed by atoms with Crippen molar-refractivity contribution in [2.75, 3.05) is 16.6 Å². The summed E-state index contributed by atoms with van der Waals surface area (Å²) in [6.45, 7) is -0.269. The molecule has 3 aliphatic rings. The molecule has 2 heterocycles. The van der Waals surface area contributed by atoms with E-state index in [9.17, 15) is 13.2 Å². The fourth-order valence-corrected chi connectivity index (χ4v) is 9.85. The number of allylic oxidation sites excluding steroid dienone is 2. The quantitative estimate of drug-likeness (QED) is 0.143. The van der Waals surface area contributed by atoms with Crippen molar-refractivity contribution < 1.29 is 13.2 Å². The van der Waals surface area contributed by atoms with Crippen molar-refractivity contribution in [1.29, 1.82) is 0 Å². The van der Waals surface area contributed by atoms with Crippen LogP contribution in [0.2, 0.25) is 0 Å². The second-order valence-electron chi connectivity index (χ2n) is 13.2. The van der Waals surface area contributed by atoms with Crippen molar-refractivity contribution in [3.8, 4) is 5.69 Å². The molecule has 1 amide bonds. The summed E-state index contributed by atoms with van der Waals surface area (Å²) in [7, 11) is -3.95. The fraction of sp³-hybridized carbons (Fsp3) is 0.444. The molecule has 6 rings (SSSR count). The number of rotatable bonds is 11. The van der Waals surface area contributed by atoms with Gasteiger partial charge in [-0.25, -0.2) is 14.0 Å². The number of halogens is 2. The standard InChI is InChI=1S/C36H44Cl2N6O3S2/c37-27-13-14-30(31(38)20-27)33-22-43(28-7-4-8-29(21-28)44-23-36(45)42-49(44,46)47)35(41-33)19-25-9-11-26(12-10-25)32(39)15-16-34(40)48-18-17-24-5-2-1-3-6-24/h4,7-12,15-16,21-22,24,27,30-31H,1-3,5-6,13-14,17-20,23,39-40H2,(H,42,45)/b32-15-,34-16+/t27-,30?,31?/m0/s1. The molecular weight excluding hydrogens is 699 g/mol. The summed E-state index contributed by atoms with van der Waals surface area (Å²) in [4.78, 5) is 17.0. The predicted octanol–water partition coefficient (Wildman–Crippen LogP) is 6.93. The lowest BCUT2D eigenvalue weighted by Gasteiger charge is -2.28. The minimum Gasteiger partial charge on any atom is -0.398 e. The van der Waals surface area contributed by atoms with Crippen LogP contribution in [0.5, 0.6) is 0 Å². The Labute approximate surface area is 303 Å². The highest BCUT2D eigenvalue weighted by Crippen LogP contribution is 2.39. The zero-order chi connectivity index (χ0) is 34.5. The van der Waals surface area contributed by atoms with Gasteiger partial charge < -0.3 is 16.0 Å². The number of aromatic nitrogens is 2. The zero-order valence-corrected chi connectivity index (χ0v) is 30.6. The number of alkyl halides is 2. The molecule has 5 N–H and O–H groups in total. The van der Waals surface area contributed by atoms with Gasteiger partial charge in [0.15, 0.2) is 0 Å². The number of amides is 1. The summed E-state index contributed by atoms with van der Waals surface area (Å²) in [5, 5.41) is 0.677. The Kier molecular flexibility index (Phi) is 11.5. The molecule has 0 radical (unpaired) electrons. The molecule has 3 fully saturated rings. The maximum Gasteiger partial charge on any atom is 0.326 e. The molecule has 49 heavy (non-hydrogen) atoms. The van der Waals surface area contributed by atoms with Gasteiger partial charge in [-0.1, -0.05) is 62.4 Å². The Morgan fingerprint density at radius 2 is 1.76 bits per heavy atom. The molecule has 2 aliphatic carbocycles. The maximum absolute atomic E-state index is 12.6. The Morgan fingerprint density at radius 1 is 1.00 bits per heavy atom. The number of hydrogen-bond acceptors (Lipinski definition) is 7. The number of nitrogens with two attached hydrogens (primary N) is 2. The number of carbonyl (C=O) groups excluding carboxylic acids is 1. The van der Waals surface area contributed by atoms with Gasteiger partial charge in [0.1, 0.15) is 12.4 Å². The van der Waals surface area contributed by atoms with Crippen LogP contribution in [0.4, 0.5) is 5.69 Å². The van der Waals surface area contributed by atoms with Crippen molar-refractivity contribution in [2.45, 2.75) is 80.9 Å². The fourth-order valence-electron chi connectivity index (χ4n) is 6.97. The Balaban J connectivity index is 1.20. The van der Waals surface area contributed by atoms with Crippen LogP contribution < -0.4 is 20.5 Å². The number of carbonyl (C=O) groups is 1. The Hall–Kier alpha value is -3.12. The summed E-state index contributed by atoms with van der Waals surface area (Å²) in [6.07, 6.45) is 16.6. The van der Waals surface area contributed by atoms with Crippen LogP contribution in [0, 0.1) is 5.92 Å². The van der Waals surface area contributed by atoms with Crippen LogP contribution in [0.3, 0.4) is 0 Å². The lowest BCUT2D eigenvalue weighted by molar-refractivity contribution is -0.117. The van der Waals surface area contributed by atoms with Gasteiger partial charge in [0.2, 0.25) is 0 Å². The SMILES string of the molecule is N/C(=C\C=C(/N)SCCC1CCCCC1)c1ccc(Cc2nc(C3CC[C@H](Cl)CC3Cl)cn2-c2cccc(N3CC(=O)NS3(=O)=O)c2)cc1. The number of nitrogens with zero attached hydrogens (tertiary/aromatic N) is 3. The average Bonchev–Trinajstić information content (AvgIpc) is 3.62. The maximum atomic E-state index is 12.6. The van der Waals surface area contributed by atoms with Crippen molar-refractivity contribution >= 4 is 62.5 Å². The first kappa shape index (κ1) is 35.7. The third kappa shape index (κ3) is 8.98. The van der Waals surface area contributed by atoms with E-state index in [0.29, 0.717) is 24.2 Å². The third-order valence-corrected chi connectivity index (χ3v) is 12.9. The minimum atomic E-state index is -3.95. The first-order valence-electron chi connectivity index (χ1n) is 17.0. The number of anilines is 1. The zero-order valence-electron chi connectivity index (χ0n) is 27.4. The van der Waals surface area contributed by atoms with Gasteiger partial charge in [-0.15, -0.1) is 35.0 Å². The van der Waals surface area contributed by atoms with E-state index in [-0.39, 0.29) is 23.2 Å². The van der Waals surface area contributed by atoms with Crippen molar-refractivity contribution in [2.24, 2.45) is 17.4 Å². The highest BCUT2D eigenvalue weighted by atomic mass is 35.5. The van der Waals surface area contributed by atoms with E-state index in [1.54, 1.807) is 30.0 Å². The normalized spacial score (nSPS) is 23.5. The van der Waals surface area contributed by atoms with Crippen molar-refractivity contribution in [1.82, 2.24) is 14.3 Å². The third-order valence-electron chi connectivity index (χ3n) is 9.70. The van der Waals surface area contributed by atoms with E-state index in [0.717, 1.165) is 62.2 Å². The molecule has 13 heteroatoms. The molecule has 3 atom stereocenters. The molecule has 262 valence electrons. The van der Waals surface area contributed by atoms with Gasteiger partial charge in [0.25, 0.3) is 5.91 Å². The topological polar surface area (TPSA) is 136 Å². The molecule has 2 aromatic carbocycles. The summed E-state index contributed by atoms with van der Waals surface area (Å²) < 4.78 is 30.2. The summed E-state index contributed by atoms with van der Waals surface area (Å²) in [6, 6.07) is 15.2. The first-order valence-corrected chi connectivity index (χ1v) is 20.3. The van der Waals surface area contributed by atoms with E-state index in [1.165, 1.54) is 38.5 Å². The van der Waals surface area contributed by atoms with Crippen LogP contribution in [0.25, 0.3) is 11.4 Å². The molecule has 1 aliphatic heterocycles. The van der Waals surface area contributed by atoms with Gasteiger partial charge in [-0.2, -0.15) is 8.42 Å². The van der Waals surface area contributed by atoms with Crippen LogP contribution in [-0.2, 0) is 21.4 Å². The van der Waals surface area contributed by atoms with Crippen molar-refractivity contribution in [3.05, 3.63) is 94.6 Å². The van der Waals surface area contributed by atoms with Gasteiger partial charge in [0, 0.05) is 40.7 Å². The van der Waals surface area contributed by atoms with Gasteiger partial charge in [-0.05, 0) is 78.8 Å². The van der Waals surface area contributed by atoms with E-state index in [2.05, 4.69) is 0 Å². The largest absolute Gasteiger partial charge is 0.398 e. The smallest absolute Gasteiger partial charge is 0.326 e. The van der Waals surface area contributed by atoms with E-state index < -0.39 is 16.1 Å². The van der Waals surface area contributed by atoms with Crippen LogP contribution in [0.1, 0.15) is 86.4 Å². The molecule has 2 saturated carbocycles. The molecule has 1 saturated heterocycles. The average molecular weight is 744 g/mol.